The highest BCUT2D eigenvalue weighted by Crippen LogP contribution is 2.28. The number of rotatable bonds is 4. The first-order valence-corrected chi connectivity index (χ1v) is 8.32. The van der Waals surface area contributed by atoms with Gasteiger partial charge in [-0.1, -0.05) is 18.3 Å². The van der Waals surface area contributed by atoms with Gasteiger partial charge < -0.3 is 9.72 Å². The van der Waals surface area contributed by atoms with Gasteiger partial charge in [0.25, 0.3) is 0 Å². The Labute approximate surface area is 133 Å². The number of pyridine rings is 1. The number of sulfonamides is 1. The first-order valence-electron chi connectivity index (χ1n) is 6.36. The predicted molar refractivity (Wildman–Crippen MR) is 84.4 cm³/mol. The number of carbonyl (C=O) groups excluding carboxylic acids is 1. The Balaban J connectivity index is 2.69. The number of primary sulfonamides is 1. The van der Waals surface area contributed by atoms with E-state index in [-0.39, 0.29) is 17.1 Å². The molecule has 22 heavy (non-hydrogen) atoms. The van der Waals surface area contributed by atoms with Crippen molar-refractivity contribution in [2.45, 2.75) is 11.8 Å². The normalized spacial score (nSPS) is 11.2. The van der Waals surface area contributed by atoms with Crippen molar-refractivity contribution in [1.29, 1.82) is 0 Å². The van der Waals surface area contributed by atoms with Gasteiger partial charge in [-0.05, 0) is 31.2 Å². The van der Waals surface area contributed by atoms with Crippen molar-refractivity contribution >= 4 is 28.2 Å². The van der Waals surface area contributed by atoms with E-state index in [1.54, 1.807) is 25.3 Å². The molecule has 0 bridgehead atoms. The van der Waals surface area contributed by atoms with Crippen molar-refractivity contribution in [2.24, 2.45) is 5.14 Å². The molecule has 1 aromatic carbocycles. The fourth-order valence-corrected chi connectivity index (χ4v) is 2.98. The van der Waals surface area contributed by atoms with Gasteiger partial charge in [0.15, 0.2) is 0 Å². The molecule has 3 N–H and O–H groups in total. The molecular weight excluding hydrogens is 324 g/mol. The van der Waals surface area contributed by atoms with Crippen LogP contribution in [-0.2, 0) is 14.8 Å². The van der Waals surface area contributed by atoms with Crippen molar-refractivity contribution in [3.63, 3.8) is 0 Å². The summed E-state index contributed by atoms with van der Waals surface area (Å²) in [7, 11) is -4.04. The molecule has 6 nitrogen and oxygen atoms in total. The van der Waals surface area contributed by atoms with Crippen molar-refractivity contribution in [2.75, 3.05) is 6.61 Å². The minimum Gasteiger partial charge on any atom is -0.462 e. The van der Waals surface area contributed by atoms with E-state index in [9.17, 15) is 13.2 Å². The molecule has 0 amide bonds. The molecule has 2 aromatic rings. The van der Waals surface area contributed by atoms with Gasteiger partial charge in [0.05, 0.1) is 17.1 Å². The summed E-state index contributed by atoms with van der Waals surface area (Å²) in [5, 5.41) is 5.26. The molecule has 0 aliphatic heterocycles. The topological polar surface area (TPSA) is 102 Å². The second-order valence-electron chi connectivity index (χ2n) is 4.39. The lowest BCUT2D eigenvalue weighted by Crippen LogP contribution is -2.15. The number of ether oxygens (including phenoxy) is 1. The SMILES string of the molecule is CCOC(=O)c1ccc(-c2ccc[nH]c2=S)c(S(N)(=O)=O)c1. The van der Waals surface area contributed by atoms with Crippen LogP contribution in [0.2, 0.25) is 0 Å². The van der Waals surface area contributed by atoms with Gasteiger partial charge in [0, 0.05) is 17.3 Å². The molecule has 0 aliphatic rings. The largest absolute Gasteiger partial charge is 0.462 e. The summed E-state index contributed by atoms with van der Waals surface area (Å²) in [4.78, 5) is 14.4. The van der Waals surface area contributed by atoms with E-state index in [0.29, 0.717) is 15.8 Å². The molecule has 116 valence electrons. The van der Waals surface area contributed by atoms with Gasteiger partial charge in [0.2, 0.25) is 10.0 Å². The lowest BCUT2D eigenvalue weighted by molar-refractivity contribution is 0.0526. The van der Waals surface area contributed by atoms with E-state index in [1.165, 1.54) is 18.2 Å². The second-order valence-corrected chi connectivity index (χ2v) is 6.33. The van der Waals surface area contributed by atoms with Crippen LogP contribution in [0.25, 0.3) is 11.1 Å². The fourth-order valence-electron chi connectivity index (χ4n) is 1.96. The number of benzene rings is 1. The van der Waals surface area contributed by atoms with Crippen LogP contribution in [0.4, 0.5) is 0 Å². The van der Waals surface area contributed by atoms with Crippen molar-refractivity contribution in [3.8, 4) is 11.1 Å². The van der Waals surface area contributed by atoms with Crippen LogP contribution in [0, 0.1) is 4.64 Å². The highest BCUT2D eigenvalue weighted by molar-refractivity contribution is 7.89. The number of aromatic amines is 1. The molecular formula is C14H14N2O4S2. The minimum absolute atomic E-state index is 0.112. The number of carbonyl (C=O) groups is 1. The highest BCUT2D eigenvalue weighted by Gasteiger charge is 2.19. The van der Waals surface area contributed by atoms with E-state index in [1.807, 2.05) is 0 Å². The third-order valence-electron chi connectivity index (χ3n) is 2.91. The van der Waals surface area contributed by atoms with Gasteiger partial charge >= 0.3 is 5.97 Å². The zero-order valence-electron chi connectivity index (χ0n) is 11.7. The molecule has 0 fully saturated rings. The van der Waals surface area contributed by atoms with Gasteiger partial charge in [-0.15, -0.1) is 0 Å². The minimum atomic E-state index is -4.04. The summed E-state index contributed by atoms with van der Waals surface area (Å²) in [6.07, 6.45) is 1.63. The second kappa shape index (κ2) is 6.39. The molecule has 1 heterocycles. The quantitative estimate of drug-likeness (QED) is 0.657. The summed E-state index contributed by atoms with van der Waals surface area (Å²) < 4.78 is 28.9. The van der Waals surface area contributed by atoms with Gasteiger partial charge in [-0.3, -0.25) is 0 Å². The predicted octanol–water partition coefficient (Wildman–Crippen LogP) is 2.24. The Hall–Kier alpha value is -2.03. The summed E-state index contributed by atoms with van der Waals surface area (Å²) in [6.45, 7) is 1.85. The van der Waals surface area contributed by atoms with E-state index < -0.39 is 16.0 Å². The smallest absolute Gasteiger partial charge is 0.338 e. The summed E-state index contributed by atoms with van der Waals surface area (Å²) in [5.41, 5.74) is 0.954. The van der Waals surface area contributed by atoms with Crippen molar-refractivity contribution < 1.29 is 17.9 Å². The lowest BCUT2D eigenvalue weighted by Gasteiger charge is -2.10. The third kappa shape index (κ3) is 3.41. The summed E-state index contributed by atoms with van der Waals surface area (Å²) in [5.74, 6) is -0.614. The average molecular weight is 338 g/mol. The first-order chi connectivity index (χ1) is 10.3. The van der Waals surface area contributed by atoms with Gasteiger partial charge in [-0.25, -0.2) is 18.4 Å². The molecule has 8 heteroatoms. The lowest BCUT2D eigenvalue weighted by atomic mass is 10.1. The van der Waals surface area contributed by atoms with E-state index in [2.05, 4.69) is 4.98 Å². The number of esters is 1. The Kier molecular flexibility index (Phi) is 4.74. The molecule has 0 radical (unpaired) electrons. The van der Waals surface area contributed by atoms with Gasteiger partial charge in [-0.2, -0.15) is 0 Å². The zero-order chi connectivity index (χ0) is 16.3. The maximum absolute atomic E-state index is 11.9. The third-order valence-corrected chi connectivity index (χ3v) is 4.20. The van der Waals surface area contributed by atoms with Crippen molar-refractivity contribution in [1.82, 2.24) is 4.98 Å². The molecule has 1 aromatic heterocycles. The number of hydrogen-bond acceptors (Lipinski definition) is 5. The Morgan fingerprint density at radius 2 is 2.05 bits per heavy atom. The number of nitrogens with one attached hydrogen (secondary N) is 1. The van der Waals surface area contributed by atoms with Crippen LogP contribution < -0.4 is 5.14 Å². The van der Waals surface area contributed by atoms with E-state index >= 15 is 0 Å². The van der Waals surface area contributed by atoms with E-state index in [0.717, 1.165) is 0 Å². The van der Waals surface area contributed by atoms with Crippen LogP contribution in [0.5, 0.6) is 0 Å². The average Bonchev–Trinajstić information content (AvgIpc) is 2.46. The maximum atomic E-state index is 11.9. The van der Waals surface area contributed by atoms with E-state index in [4.69, 9.17) is 22.1 Å². The van der Waals surface area contributed by atoms with Crippen LogP contribution in [0.3, 0.4) is 0 Å². The summed E-state index contributed by atoms with van der Waals surface area (Å²) >= 11 is 5.16. The maximum Gasteiger partial charge on any atom is 0.338 e. The van der Waals surface area contributed by atoms with Crippen molar-refractivity contribution in [3.05, 3.63) is 46.7 Å². The van der Waals surface area contributed by atoms with Crippen LogP contribution in [-0.4, -0.2) is 26.0 Å². The molecule has 0 saturated carbocycles. The standard InChI is InChI=1S/C14H14N2O4S2/c1-2-20-14(17)9-5-6-10(12(8-9)22(15,18)19)11-4-3-7-16-13(11)21/h3-8H,2H2,1H3,(H,16,21)(H2,15,18,19). The summed E-state index contributed by atoms with van der Waals surface area (Å²) in [6, 6.07) is 7.53. The number of H-pyrrole nitrogens is 1. The highest BCUT2D eigenvalue weighted by atomic mass is 32.2. The Morgan fingerprint density at radius 1 is 1.32 bits per heavy atom. The Bertz CT molecular complexity index is 872. The first kappa shape index (κ1) is 16.3. The number of nitrogens with two attached hydrogens (primary N) is 1. The van der Waals surface area contributed by atoms with Gasteiger partial charge in [0.1, 0.15) is 4.64 Å². The fraction of sp³-hybridized carbons (Fsp3) is 0.143. The Morgan fingerprint density at radius 3 is 2.64 bits per heavy atom. The molecule has 0 atom stereocenters. The molecule has 0 spiro atoms. The van der Waals surface area contributed by atoms with Crippen LogP contribution >= 0.6 is 12.2 Å². The molecule has 0 unspecified atom stereocenters. The zero-order valence-corrected chi connectivity index (χ0v) is 13.3. The number of aromatic nitrogens is 1. The molecule has 0 saturated heterocycles. The number of hydrogen-bond donors (Lipinski definition) is 2. The molecule has 0 aliphatic carbocycles. The van der Waals surface area contributed by atoms with Crippen LogP contribution in [0.1, 0.15) is 17.3 Å². The molecule has 2 rings (SSSR count). The monoisotopic (exact) mass is 338 g/mol. The van der Waals surface area contributed by atoms with Crippen LogP contribution in [0.15, 0.2) is 41.4 Å².